The summed E-state index contributed by atoms with van der Waals surface area (Å²) < 4.78 is 0. The molecule has 1 aromatic carbocycles. The topological polar surface area (TPSA) is 31.1 Å². The molecule has 0 radical (unpaired) electrons. The van der Waals surface area contributed by atoms with Crippen LogP contribution in [-0.2, 0) is 6.54 Å². The Labute approximate surface area is 103 Å². The third-order valence-electron chi connectivity index (χ3n) is 3.05. The molecule has 0 unspecified atom stereocenters. The minimum atomic E-state index is 1.00. The van der Waals surface area contributed by atoms with Crippen LogP contribution < -0.4 is 5.32 Å². The van der Waals surface area contributed by atoms with E-state index in [0.717, 1.165) is 26.2 Å². The van der Waals surface area contributed by atoms with Crippen molar-refractivity contribution in [3.8, 4) is 0 Å². The van der Waals surface area contributed by atoms with Gasteiger partial charge in [-0.05, 0) is 31.3 Å². The Morgan fingerprint density at radius 1 is 1.29 bits per heavy atom. The van der Waals surface area contributed by atoms with Gasteiger partial charge in [0.15, 0.2) is 0 Å². The summed E-state index contributed by atoms with van der Waals surface area (Å²) in [6.07, 6.45) is 2.01. The lowest BCUT2D eigenvalue weighted by Gasteiger charge is -2.17. The third-order valence-corrected chi connectivity index (χ3v) is 3.05. The van der Waals surface area contributed by atoms with E-state index in [4.69, 9.17) is 0 Å². The summed E-state index contributed by atoms with van der Waals surface area (Å²) in [6, 6.07) is 8.60. The minimum Gasteiger partial charge on any atom is -0.361 e. The molecule has 3 nitrogen and oxygen atoms in total. The standard InChI is InChI=1S/C14H21N3/c1-3-15-9-10-17(2)11-12-5-4-6-14-13(12)7-8-16-14/h4-8,15-16H,3,9-11H2,1-2H3. The van der Waals surface area contributed by atoms with Crippen LogP contribution in [-0.4, -0.2) is 36.6 Å². The average molecular weight is 231 g/mol. The van der Waals surface area contributed by atoms with Crippen LogP contribution in [0.4, 0.5) is 0 Å². The number of likely N-dealkylation sites (N-methyl/N-ethyl adjacent to an activating group) is 2. The molecule has 92 valence electrons. The van der Waals surface area contributed by atoms with E-state index in [1.54, 1.807) is 0 Å². The third kappa shape index (κ3) is 3.08. The molecule has 0 bridgehead atoms. The van der Waals surface area contributed by atoms with Gasteiger partial charge in [0.25, 0.3) is 0 Å². The number of fused-ring (bicyclic) bond motifs is 1. The first kappa shape index (κ1) is 12.1. The van der Waals surface area contributed by atoms with Gasteiger partial charge in [0.2, 0.25) is 0 Å². The number of aromatic nitrogens is 1. The molecule has 2 aromatic rings. The minimum absolute atomic E-state index is 1.00. The zero-order chi connectivity index (χ0) is 12.1. The largest absolute Gasteiger partial charge is 0.361 e. The molecule has 0 saturated heterocycles. The molecule has 0 atom stereocenters. The smallest absolute Gasteiger partial charge is 0.0457 e. The SMILES string of the molecule is CCNCCN(C)Cc1cccc2[nH]ccc12. The first-order valence-corrected chi connectivity index (χ1v) is 6.25. The molecule has 0 aliphatic heterocycles. The molecule has 0 aliphatic carbocycles. The summed E-state index contributed by atoms with van der Waals surface area (Å²) in [4.78, 5) is 5.61. The molecular formula is C14H21N3. The van der Waals surface area contributed by atoms with Crippen LogP contribution in [0.1, 0.15) is 12.5 Å². The van der Waals surface area contributed by atoms with Crippen LogP contribution in [0.25, 0.3) is 10.9 Å². The van der Waals surface area contributed by atoms with Crippen molar-refractivity contribution in [2.45, 2.75) is 13.5 Å². The Kier molecular flexibility index (Phi) is 4.18. The van der Waals surface area contributed by atoms with Crippen molar-refractivity contribution < 1.29 is 0 Å². The fourth-order valence-corrected chi connectivity index (χ4v) is 2.10. The molecule has 1 aromatic heterocycles. The lowest BCUT2D eigenvalue weighted by Crippen LogP contribution is -2.28. The number of H-pyrrole nitrogens is 1. The van der Waals surface area contributed by atoms with Crippen LogP contribution in [0.3, 0.4) is 0 Å². The number of benzene rings is 1. The van der Waals surface area contributed by atoms with E-state index < -0.39 is 0 Å². The zero-order valence-electron chi connectivity index (χ0n) is 10.7. The monoisotopic (exact) mass is 231 g/mol. The summed E-state index contributed by atoms with van der Waals surface area (Å²) in [6.45, 7) is 6.31. The van der Waals surface area contributed by atoms with Gasteiger partial charge in [0, 0.05) is 36.7 Å². The average Bonchev–Trinajstić information content (AvgIpc) is 2.78. The lowest BCUT2D eigenvalue weighted by molar-refractivity contribution is 0.327. The van der Waals surface area contributed by atoms with Gasteiger partial charge < -0.3 is 15.2 Å². The van der Waals surface area contributed by atoms with E-state index in [1.165, 1.54) is 16.5 Å². The van der Waals surface area contributed by atoms with Crippen molar-refractivity contribution in [3.05, 3.63) is 36.0 Å². The highest BCUT2D eigenvalue weighted by Crippen LogP contribution is 2.18. The van der Waals surface area contributed by atoms with Crippen LogP contribution in [0.2, 0.25) is 0 Å². The highest BCUT2D eigenvalue weighted by atomic mass is 15.1. The zero-order valence-corrected chi connectivity index (χ0v) is 10.7. The second-order valence-corrected chi connectivity index (χ2v) is 4.45. The van der Waals surface area contributed by atoms with Gasteiger partial charge >= 0.3 is 0 Å². The second kappa shape index (κ2) is 5.84. The molecule has 0 aliphatic rings. The Morgan fingerprint density at radius 3 is 3.00 bits per heavy atom. The normalized spacial score (nSPS) is 11.5. The molecule has 2 rings (SSSR count). The number of aromatic amines is 1. The van der Waals surface area contributed by atoms with Crippen LogP contribution in [0.5, 0.6) is 0 Å². The molecule has 3 heteroatoms. The van der Waals surface area contributed by atoms with Gasteiger partial charge in [-0.15, -0.1) is 0 Å². The van der Waals surface area contributed by atoms with Crippen molar-refractivity contribution >= 4 is 10.9 Å². The summed E-state index contributed by atoms with van der Waals surface area (Å²) in [5.74, 6) is 0. The maximum atomic E-state index is 3.35. The van der Waals surface area contributed by atoms with E-state index in [1.807, 2.05) is 6.20 Å². The summed E-state index contributed by atoms with van der Waals surface area (Å²) >= 11 is 0. The first-order valence-electron chi connectivity index (χ1n) is 6.25. The first-order chi connectivity index (χ1) is 8.31. The Balaban J connectivity index is 2.00. The maximum Gasteiger partial charge on any atom is 0.0457 e. The predicted octanol–water partition coefficient (Wildman–Crippen LogP) is 2.21. The van der Waals surface area contributed by atoms with Gasteiger partial charge in [-0.1, -0.05) is 19.1 Å². The van der Waals surface area contributed by atoms with Crippen molar-refractivity contribution in [3.63, 3.8) is 0 Å². The predicted molar refractivity (Wildman–Crippen MR) is 73.2 cm³/mol. The Bertz CT molecular complexity index is 461. The van der Waals surface area contributed by atoms with E-state index in [2.05, 4.69) is 53.4 Å². The number of nitrogens with zero attached hydrogens (tertiary/aromatic N) is 1. The van der Waals surface area contributed by atoms with E-state index in [-0.39, 0.29) is 0 Å². The molecule has 2 N–H and O–H groups in total. The van der Waals surface area contributed by atoms with Gasteiger partial charge in [-0.3, -0.25) is 0 Å². The summed E-state index contributed by atoms with van der Waals surface area (Å²) in [5.41, 5.74) is 2.62. The molecule has 17 heavy (non-hydrogen) atoms. The summed E-state index contributed by atoms with van der Waals surface area (Å²) in [7, 11) is 2.17. The van der Waals surface area contributed by atoms with Crippen LogP contribution in [0.15, 0.2) is 30.5 Å². The van der Waals surface area contributed by atoms with Crippen molar-refractivity contribution in [1.82, 2.24) is 15.2 Å². The lowest BCUT2D eigenvalue weighted by atomic mass is 10.1. The molecule has 0 amide bonds. The Morgan fingerprint density at radius 2 is 2.18 bits per heavy atom. The number of rotatable bonds is 6. The molecular weight excluding hydrogens is 210 g/mol. The second-order valence-electron chi connectivity index (χ2n) is 4.45. The van der Waals surface area contributed by atoms with Crippen LogP contribution in [0, 0.1) is 0 Å². The van der Waals surface area contributed by atoms with Gasteiger partial charge in [-0.25, -0.2) is 0 Å². The van der Waals surface area contributed by atoms with Crippen LogP contribution >= 0.6 is 0 Å². The molecule has 0 saturated carbocycles. The van der Waals surface area contributed by atoms with Gasteiger partial charge in [-0.2, -0.15) is 0 Å². The Hall–Kier alpha value is -1.32. The molecule has 0 fully saturated rings. The summed E-state index contributed by atoms with van der Waals surface area (Å²) in [5, 5.41) is 4.69. The fourth-order valence-electron chi connectivity index (χ4n) is 2.10. The van der Waals surface area contributed by atoms with Gasteiger partial charge in [0.05, 0.1) is 0 Å². The quantitative estimate of drug-likeness (QED) is 0.747. The number of nitrogens with one attached hydrogen (secondary N) is 2. The van der Waals surface area contributed by atoms with E-state index >= 15 is 0 Å². The van der Waals surface area contributed by atoms with Crippen molar-refractivity contribution in [2.75, 3.05) is 26.7 Å². The number of hydrogen-bond acceptors (Lipinski definition) is 2. The fraction of sp³-hybridized carbons (Fsp3) is 0.429. The maximum absolute atomic E-state index is 3.35. The highest BCUT2D eigenvalue weighted by molar-refractivity contribution is 5.82. The number of hydrogen-bond donors (Lipinski definition) is 2. The van der Waals surface area contributed by atoms with Crippen molar-refractivity contribution in [2.24, 2.45) is 0 Å². The highest BCUT2D eigenvalue weighted by Gasteiger charge is 2.04. The molecule has 0 spiro atoms. The van der Waals surface area contributed by atoms with Gasteiger partial charge in [0.1, 0.15) is 0 Å². The van der Waals surface area contributed by atoms with E-state index in [9.17, 15) is 0 Å². The van der Waals surface area contributed by atoms with E-state index in [0.29, 0.717) is 0 Å². The molecule has 1 heterocycles. The van der Waals surface area contributed by atoms with Crippen molar-refractivity contribution in [1.29, 1.82) is 0 Å².